The van der Waals surface area contributed by atoms with E-state index in [0.717, 1.165) is 11.3 Å². The molecule has 0 fully saturated rings. The van der Waals surface area contributed by atoms with Crippen molar-refractivity contribution < 1.29 is 9.47 Å². The van der Waals surface area contributed by atoms with E-state index in [1.54, 1.807) is 7.11 Å². The molecule has 0 atom stereocenters. The fraction of sp³-hybridized carbons (Fsp3) is 0.308. The summed E-state index contributed by atoms with van der Waals surface area (Å²) < 4.78 is 11.2. The number of aromatic nitrogens is 3. The number of nitrogen functional groups attached to an aromatic ring is 1. The third kappa shape index (κ3) is 1.76. The Morgan fingerprint density at radius 2 is 2.05 bits per heavy atom. The number of rotatable bonds is 1. The van der Waals surface area contributed by atoms with Gasteiger partial charge in [-0.05, 0) is 26.0 Å². The molecule has 0 bridgehead atoms. The van der Waals surface area contributed by atoms with Crippen LogP contribution in [-0.2, 0) is 5.60 Å². The molecule has 3 rings (SSSR count). The van der Waals surface area contributed by atoms with Crippen molar-refractivity contribution in [2.75, 3.05) is 12.8 Å². The van der Waals surface area contributed by atoms with Gasteiger partial charge in [-0.2, -0.15) is 0 Å². The van der Waals surface area contributed by atoms with Crippen LogP contribution < -0.4 is 15.2 Å². The van der Waals surface area contributed by atoms with Crippen LogP contribution in [0.2, 0.25) is 0 Å². The van der Waals surface area contributed by atoms with Crippen molar-refractivity contribution >= 4 is 5.95 Å². The summed E-state index contributed by atoms with van der Waals surface area (Å²) in [6, 6.07) is 5.56. The van der Waals surface area contributed by atoms with Gasteiger partial charge in [0.1, 0.15) is 28.5 Å². The fourth-order valence-corrected chi connectivity index (χ4v) is 2.17. The highest BCUT2D eigenvalue weighted by Crippen LogP contribution is 2.44. The lowest BCUT2D eigenvalue weighted by molar-refractivity contribution is 0.0994. The van der Waals surface area contributed by atoms with Crippen LogP contribution in [0.1, 0.15) is 19.5 Å². The number of fused-ring (bicyclic) bond motifs is 3. The van der Waals surface area contributed by atoms with E-state index in [1.807, 2.05) is 32.0 Å². The van der Waals surface area contributed by atoms with Gasteiger partial charge < -0.3 is 15.2 Å². The summed E-state index contributed by atoms with van der Waals surface area (Å²) in [5.41, 5.74) is 7.23. The molecule has 0 saturated carbocycles. The molecule has 0 saturated heterocycles. The lowest BCUT2D eigenvalue weighted by atomic mass is 9.94. The van der Waals surface area contributed by atoms with Crippen molar-refractivity contribution in [2.45, 2.75) is 19.4 Å². The second kappa shape index (κ2) is 3.81. The Hall–Kier alpha value is -2.37. The lowest BCUT2D eigenvalue weighted by Gasteiger charge is -2.32. The summed E-state index contributed by atoms with van der Waals surface area (Å²) >= 11 is 0. The number of methoxy groups -OCH3 is 1. The SMILES string of the molecule is COc1ccc2c(c1)OC(C)(C)c1nc(N)nnc1-2. The summed E-state index contributed by atoms with van der Waals surface area (Å²) in [6.07, 6.45) is 0. The molecule has 2 heterocycles. The highest BCUT2D eigenvalue weighted by molar-refractivity contribution is 5.73. The first kappa shape index (κ1) is 11.7. The Kier molecular flexibility index (Phi) is 2.35. The van der Waals surface area contributed by atoms with Crippen LogP contribution in [0.4, 0.5) is 5.95 Å². The molecular weight excluding hydrogens is 244 g/mol. The smallest absolute Gasteiger partial charge is 0.240 e. The first-order valence-electron chi connectivity index (χ1n) is 5.89. The lowest BCUT2D eigenvalue weighted by Crippen LogP contribution is -2.31. The quantitative estimate of drug-likeness (QED) is 0.839. The molecule has 1 aromatic heterocycles. The van der Waals surface area contributed by atoms with Gasteiger partial charge in [-0.15, -0.1) is 10.2 Å². The van der Waals surface area contributed by atoms with Gasteiger partial charge in [0, 0.05) is 11.6 Å². The molecule has 0 spiro atoms. The van der Waals surface area contributed by atoms with Crippen LogP contribution in [0.15, 0.2) is 18.2 Å². The molecule has 98 valence electrons. The van der Waals surface area contributed by atoms with Gasteiger partial charge in [0.25, 0.3) is 0 Å². The zero-order chi connectivity index (χ0) is 13.6. The zero-order valence-electron chi connectivity index (χ0n) is 11.0. The minimum atomic E-state index is -0.612. The van der Waals surface area contributed by atoms with Crippen molar-refractivity contribution in [1.29, 1.82) is 0 Å². The average molecular weight is 258 g/mol. The second-order valence-electron chi connectivity index (χ2n) is 4.84. The Labute approximate surface area is 110 Å². The van der Waals surface area contributed by atoms with Crippen molar-refractivity contribution in [2.24, 2.45) is 0 Å². The van der Waals surface area contributed by atoms with Crippen LogP contribution in [0.25, 0.3) is 11.3 Å². The Bertz CT molecular complexity index is 655. The Morgan fingerprint density at radius 1 is 1.26 bits per heavy atom. The molecule has 1 aliphatic rings. The largest absolute Gasteiger partial charge is 0.497 e. The van der Waals surface area contributed by atoms with Gasteiger partial charge >= 0.3 is 0 Å². The zero-order valence-corrected chi connectivity index (χ0v) is 11.0. The molecule has 0 amide bonds. The maximum atomic E-state index is 5.98. The van der Waals surface area contributed by atoms with E-state index >= 15 is 0 Å². The van der Waals surface area contributed by atoms with E-state index in [1.165, 1.54) is 0 Å². The molecule has 6 nitrogen and oxygen atoms in total. The van der Waals surface area contributed by atoms with Gasteiger partial charge in [0.15, 0.2) is 0 Å². The number of benzene rings is 1. The molecule has 0 radical (unpaired) electrons. The number of nitrogens with two attached hydrogens (primary N) is 1. The van der Waals surface area contributed by atoms with E-state index in [4.69, 9.17) is 15.2 Å². The number of nitrogens with zero attached hydrogens (tertiary/aromatic N) is 3. The summed E-state index contributed by atoms with van der Waals surface area (Å²) in [7, 11) is 1.62. The van der Waals surface area contributed by atoms with Crippen molar-refractivity contribution in [3.63, 3.8) is 0 Å². The molecule has 0 aliphatic carbocycles. The Balaban J connectivity index is 2.26. The third-order valence-corrected chi connectivity index (χ3v) is 3.08. The van der Waals surface area contributed by atoms with Gasteiger partial charge in [0.2, 0.25) is 5.95 Å². The monoisotopic (exact) mass is 258 g/mol. The standard InChI is InChI=1S/C13H14N4O2/c1-13(2)11-10(16-17-12(14)15-11)8-5-4-7(18-3)6-9(8)19-13/h4-6H,1-3H3,(H2,14,15,17). The molecule has 6 heteroatoms. The van der Waals surface area contributed by atoms with Crippen LogP contribution in [0.5, 0.6) is 11.5 Å². The van der Waals surface area contributed by atoms with Crippen LogP contribution >= 0.6 is 0 Å². The predicted molar refractivity (Wildman–Crippen MR) is 69.9 cm³/mol. The normalized spacial score (nSPS) is 15.1. The van der Waals surface area contributed by atoms with Crippen molar-refractivity contribution in [3.05, 3.63) is 23.9 Å². The minimum Gasteiger partial charge on any atom is -0.497 e. The van der Waals surface area contributed by atoms with E-state index in [2.05, 4.69) is 15.2 Å². The van der Waals surface area contributed by atoms with Crippen molar-refractivity contribution in [1.82, 2.24) is 15.2 Å². The summed E-state index contributed by atoms with van der Waals surface area (Å²) in [6.45, 7) is 3.84. The van der Waals surface area contributed by atoms with Crippen LogP contribution in [0.3, 0.4) is 0 Å². The Morgan fingerprint density at radius 3 is 2.79 bits per heavy atom. The molecule has 2 N–H and O–H groups in total. The fourth-order valence-electron chi connectivity index (χ4n) is 2.17. The van der Waals surface area contributed by atoms with E-state index < -0.39 is 5.60 Å². The number of anilines is 1. The topological polar surface area (TPSA) is 83.2 Å². The predicted octanol–water partition coefficient (Wildman–Crippen LogP) is 1.76. The number of hydrogen-bond donors (Lipinski definition) is 1. The minimum absolute atomic E-state index is 0.146. The summed E-state index contributed by atoms with van der Waals surface area (Å²) in [4.78, 5) is 4.26. The maximum Gasteiger partial charge on any atom is 0.240 e. The summed E-state index contributed by atoms with van der Waals surface area (Å²) in [5.74, 6) is 1.58. The first-order chi connectivity index (χ1) is 9.01. The van der Waals surface area contributed by atoms with E-state index in [-0.39, 0.29) is 5.95 Å². The highest BCUT2D eigenvalue weighted by atomic mass is 16.5. The summed E-state index contributed by atoms with van der Waals surface area (Å²) in [5, 5.41) is 7.98. The maximum absolute atomic E-state index is 5.98. The van der Waals surface area contributed by atoms with Gasteiger partial charge in [-0.25, -0.2) is 4.98 Å². The van der Waals surface area contributed by atoms with Gasteiger partial charge in [0.05, 0.1) is 7.11 Å². The van der Waals surface area contributed by atoms with E-state index in [0.29, 0.717) is 17.1 Å². The van der Waals surface area contributed by atoms with Crippen LogP contribution in [0, 0.1) is 0 Å². The molecule has 1 aromatic carbocycles. The molecular formula is C13H14N4O2. The number of ether oxygens (including phenoxy) is 2. The average Bonchev–Trinajstić information content (AvgIpc) is 2.38. The first-order valence-corrected chi connectivity index (χ1v) is 5.89. The number of hydrogen-bond acceptors (Lipinski definition) is 6. The molecule has 1 aliphatic heterocycles. The van der Waals surface area contributed by atoms with Crippen molar-refractivity contribution in [3.8, 4) is 22.8 Å². The highest BCUT2D eigenvalue weighted by Gasteiger charge is 2.36. The molecule has 19 heavy (non-hydrogen) atoms. The van der Waals surface area contributed by atoms with Gasteiger partial charge in [-0.3, -0.25) is 0 Å². The third-order valence-electron chi connectivity index (χ3n) is 3.08. The van der Waals surface area contributed by atoms with Gasteiger partial charge in [-0.1, -0.05) is 0 Å². The molecule has 2 aromatic rings. The van der Waals surface area contributed by atoms with Crippen LogP contribution in [-0.4, -0.2) is 22.3 Å². The van der Waals surface area contributed by atoms with E-state index in [9.17, 15) is 0 Å². The molecule has 0 unspecified atom stereocenters. The second-order valence-corrected chi connectivity index (χ2v) is 4.84.